The third-order valence-corrected chi connectivity index (χ3v) is 8.29. The van der Waals surface area contributed by atoms with Gasteiger partial charge in [0.2, 0.25) is 0 Å². The predicted octanol–water partition coefficient (Wildman–Crippen LogP) is 5.78. The summed E-state index contributed by atoms with van der Waals surface area (Å²) in [7, 11) is 1.78. The van der Waals surface area contributed by atoms with E-state index in [2.05, 4.69) is 21.3 Å². The minimum Gasteiger partial charge on any atom is -0.325 e. The summed E-state index contributed by atoms with van der Waals surface area (Å²) in [5.74, 6) is 0.400. The van der Waals surface area contributed by atoms with Crippen molar-refractivity contribution >= 4 is 40.1 Å². The standard InChI is InChI=1S/C26H39ClFN5OS/c1-30-25(18-29)35-19-20-7-10-22(11-8-20)33(16-15-32-13-5-3-2-4-6-14-32)26(34)31-21-9-12-24(28)23(27)17-21/h7,9,12,17,22H,2-6,8,10-11,13-16,18-19,29H2,1H3,(H,31,34). The Hall–Kier alpha value is -1.61. The topological polar surface area (TPSA) is 74.0 Å². The highest BCUT2D eigenvalue weighted by Gasteiger charge is 2.26. The summed E-state index contributed by atoms with van der Waals surface area (Å²) in [6.45, 7) is 4.19. The Bertz CT molecular complexity index is 888. The van der Waals surface area contributed by atoms with Gasteiger partial charge in [0.1, 0.15) is 5.82 Å². The first-order valence-corrected chi connectivity index (χ1v) is 14.1. The molecule has 3 N–H and O–H groups in total. The molecule has 1 unspecified atom stereocenters. The summed E-state index contributed by atoms with van der Waals surface area (Å²) < 4.78 is 13.6. The number of nitrogens with one attached hydrogen (secondary N) is 1. The molecule has 1 saturated heterocycles. The molecular formula is C26H39ClFN5OS. The van der Waals surface area contributed by atoms with Gasteiger partial charge in [-0.1, -0.05) is 42.5 Å². The van der Waals surface area contributed by atoms with E-state index >= 15 is 0 Å². The number of rotatable bonds is 8. The Morgan fingerprint density at radius 1 is 1.29 bits per heavy atom. The normalized spacial score (nSPS) is 20.1. The molecule has 1 aromatic carbocycles. The molecule has 2 aliphatic rings. The number of anilines is 1. The third kappa shape index (κ3) is 9.08. The lowest BCUT2D eigenvalue weighted by Crippen LogP contribution is -2.47. The molecule has 0 spiro atoms. The summed E-state index contributed by atoms with van der Waals surface area (Å²) in [4.78, 5) is 22.1. The number of benzene rings is 1. The average molecular weight is 524 g/mol. The molecule has 1 heterocycles. The van der Waals surface area contributed by atoms with Gasteiger partial charge in [0.05, 0.1) is 10.1 Å². The molecule has 0 saturated carbocycles. The summed E-state index contributed by atoms with van der Waals surface area (Å²) in [5, 5.41) is 3.91. The molecule has 0 radical (unpaired) electrons. The molecule has 9 heteroatoms. The molecule has 194 valence electrons. The Morgan fingerprint density at radius 3 is 2.66 bits per heavy atom. The van der Waals surface area contributed by atoms with Crippen LogP contribution in [0.3, 0.4) is 0 Å². The lowest BCUT2D eigenvalue weighted by molar-refractivity contribution is 0.159. The number of thioether (sulfide) groups is 1. The first kappa shape index (κ1) is 28.0. The number of aliphatic imine (C=N–C) groups is 1. The zero-order valence-electron chi connectivity index (χ0n) is 20.8. The van der Waals surface area contributed by atoms with Crippen molar-refractivity contribution in [2.24, 2.45) is 10.7 Å². The van der Waals surface area contributed by atoms with Crippen LogP contribution >= 0.6 is 23.4 Å². The molecule has 2 amide bonds. The largest absolute Gasteiger partial charge is 0.325 e. The third-order valence-electron chi connectivity index (χ3n) is 6.80. The van der Waals surface area contributed by atoms with Gasteiger partial charge in [0, 0.05) is 44.2 Å². The van der Waals surface area contributed by atoms with Crippen LogP contribution in [-0.4, -0.2) is 72.4 Å². The molecule has 0 bridgehead atoms. The molecule has 0 aromatic heterocycles. The number of carbonyl (C=O) groups is 1. The van der Waals surface area contributed by atoms with Crippen LogP contribution in [0, 0.1) is 5.82 Å². The lowest BCUT2D eigenvalue weighted by atomic mass is 9.95. The minimum absolute atomic E-state index is 0.00481. The second-order valence-electron chi connectivity index (χ2n) is 9.26. The van der Waals surface area contributed by atoms with Crippen LogP contribution in [0.15, 0.2) is 34.8 Å². The predicted molar refractivity (Wildman–Crippen MR) is 147 cm³/mol. The number of nitrogens with two attached hydrogens (primary N) is 1. The smallest absolute Gasteiger partial charge is 0.322 e. The summed E-state index contributed by atoms with van der Waals surface area (Å²) >= 11 is 7.63. The van der Waals surface area contributed by atoms with Gasteiger partial charge in [-0.3, -0.25) is 4.99 Å². The maximum absolute atomic E-state index is 13.6. The molecule has 1 aromatic rings. The number of likely N-dealkylation sites (tertiary alicyclic amines) is 1. The number of carbonyl (C=O) groups excluding carboxylic acids is 1. The van der Waals surface area contributed by atoms with Crippen LogP contribution in [0.25, 0.3) is 0 Å². The van der Waals surface area contributed by atoms with E-state index in [1.165, 1.54) is 49.8 Å². The second-order valence-corrected chi connectivity index (χ2v) is 10.7. The van der Waals surface area contributed by atoms with Crippen LogP contribution in [0.5, 0.6) is 0 Å². The van der Waals surface area contributed by atoms with Gasteiger partial charge >= 0.3 is 6.03 Å². The van der Waals surface area contributed by atoms with Crippen LogP contribution in [0.4, 0.5) is 14.9 Å². The van der Waals surface area contributed by atoms with Gasteiger partial charge in [-0.05, 0) is 63.4 Å². The van der Waals surface area contributed by atoms with Crippen molar-refractivity contribution in [2.45, 2.75) is 57.4 Å². The van der Waals surface area contributed by atoms with Gasteiger partial charge in [-0.15, -0.1) is 11.8 Å². The van der Waals surface area contributed by atoms with Gasteiger partial charge in [0.15, 0.2) is 0 Å². The SMILES string of the molecule is CN=C(CN)SCC1=CCC(N(CCN2CCCCCCC2)C(=O)Nc2ccc(F)c(Cl)c2)CC1. The van der Waals surface area contributed by atoms with Gasteiger partial charge < -0.3 is 20.9 Å². The number of nitrogens with zero attached hydrogens (tertiary/aromatic N) is 3. The fourth-order valence-electron chi connectivity index (χ4n) is 4.68. The highest BCUT2D eigenvalue weighted by molar-refractivity contribution is 8.14. The zero-order chi connectivity index (χ0) is 25.0. The Kier molecular flexibility index (Phi) is 11.9. The monoisotopic (exact) mass is 523 g/mol. The first-order valence-electron chi connectivity index (χ1n) is 12.7. The van der Waals surface area contributed by atoms with Crippen LogP contribution in [0.1, 0.15) is 51.4 Å². The van der Waals surface area contributed by atoms with Crippen molar-refractivity contribution in [2.75, 3.05) is 50.8 Å². The van der Waals surface area contributed by atoms with Crippen molar-refractivity contribution in [3.63, 3.8) is 0 Å². The highest BCUT2D eigenvalue weighted by Crippen LogP contribution is 2.27. The number of hydrogen-bond acceptors (Lipinski definition) is 5. The number of amides is 2. The van der Waals surface area contributed by atoms with E-state index in [1.54, 1.807) is 24.9 Å². The molecule has 1 aliphatic heterocycles. The summed E-state index contributed by atoms with van der Waals surface area (Å²) in [6.07, 6.45) is 11.3. The average Bonchev–Trinajstić information content (AvgIpc) is 2.84. The molecule has 1 fully saturated rings. The molecule has 3 rings (SSSR count). The Labute approximate surface area is 218 Å². The van der Waals surface area contributed by atoms with Gasteiger partial charge in [0.25, 0.3) is 0 Å². The van der Waals surface area contributed by atoms with E-state index in [1.807, 2.05) is 4.90 Å². The number of urea groups is 1. The fourth-order valence-corrected chi connectivity index (χ4v) is 5.73. The van der Waals surface area contributed by atoms with E-state index in [9.17, 15) is 9.18 Å². The van der Waals surface area contributed by atoms with Crippen LogP contribution in [0.2, 0.25) is 5.02 Å². The van der Waals surface area contributed by atoms with Crippen molar-refractivity contribution in [1.82, 2.24) is 9.80 Å². The van der Waals surface area contributed by atoms with Gasteiger partial charge in [-0.2, -0.15) is 0 Å². The van der Waals surface area contributed by atoms with Crippen molar-refractivity contribution in [1.29, 1.82) is 0 Å². The molecule has 6 nitrogen and oxygen atoms in total. The molecular weight excluding hydrogens is 485 g/mol. The first-order chi connectivity index (χ1) is 17.0. The van der Waals surface area contributed by atoms with Crippen LogP contribution in [-0.2, 0) is 0 Å². The van der Waals surface area contributed by atoms with Crippen molar-refractivity contribution in [3.05, 3.63) is 40.7 Å². The quantitative estimate of drug-likeness (QED) is 0.257. The number of hydrogen-bond donors (Lipinski definition) is 2. The molecule has 35 heavy (non-hydrogen) atoms. The molecule has 1 aliphatic carbocycles. The second kappa shape index (κ2) is 14.8. The van der Waals surface area contributed by atoms with Crippen molar-refractivity contribution in [3.8, 4) is 0 Å². The van der Waals surface area contributed by atoms with Crippen molar-refractivity contribution < 1.29 is 9.18 Å². The van der Waals surface area contributed by atoms with Gasteiger partial charge in [-0.25, -0.2) is 9.18 Å². The van der Waals surface area contributed by atoms with E-state index < -0.39 is 5.82 Å². The summed E-state index contributed by atoms with van der Waals surface area (Å²) in [5.41, 5.74) is 7.63. The Morgan fingerprint density at radius 2 is 2.03 bits per heavy atom. The Balaban J connectivity index is 1.65. The highest BCUT2D eigenvalue weighted by atomic mass is 35.5. The maximum Gasteiger partial charge on any atom is 0.322 e. The van der Waals surface area contributed by atoms with E-state index in [-0.39, 0.29) is 17.1 Å². The van der Waals surface area contributed by atoms with Crippen LogP contribution < -0.4 is 11.1 Å². The lowest BCUT2D eigenvalue weighted by Gasteiger charge is -2.36. The molecule has 1 atom stereocenters. The van der Waals surface area contributed by atoms with E-state index in [0.29, 0.717) is 18.8 Å². The minimum atomic E-state index is -0.493. The van der Waals surface area contributed by atoms with E-state index in [0.717, 1.165) is 49.7 Å². The zero-order valence-corrected chi connectivity index (χ0v) is 22.4. The maximum atomic E-state index is 13.6. The summed E-state index contributed by atoms with van der Waals surface area (Å²) in [6, 6.07) is 4.27. The number of halogens is 2. The van der Waals surface area contributed by atoms with E-state index in [4.69, 9.17) is 17.3 Å². The fraction of sp³-hybridized carbons (Fsp3) is 0.615.